The molecule has 3 aromatic rings. The van der Waals surface area contributed by atoms with Crippen molar-refractivity contribution >= 4 is 17.7 Å². The van der Waals surface area contributed by atoms with E-state index >= 15 is 0 Å². The Hall–Kier alpha value is -2.54. The Kier molecular flexibility index (Phi) is 5.55. The maximum absolute atomic E-state index is 12.9. The molecule has 1 atom stereocenters. The molecule has 0 fully saturated rings. The Morgan fingerprint density at radius 1 is 1.12 bits per heavy atom. The lowest BCUT2D eigenvalue weighted by Gasteiger charge is -2.24. The van der Waals surface area contributed by atoms with Gasteiger partial charge in [-0.3, -0.25) is 4.79 Å². The number of likely N-dealkylation sites (N-methyl/N-ethyl adjacent to an activating group) is 1. The molecule has 2 aromatic heterocycles. The topological polar surface area (TPSA) is 72.4 Å². The van der Waals surface area contributed by atoms with Gasteiger partial charge in [0.25, 0.3) is 11.1 Å². The van der Waals surface area contributed by atoms with E-state index in [-0.39, 0.29) is 5.91 Å². The van der Waals surface area contributed by atoms with Crippen molar-refractivity contribution in [1.82, 2.24) is 15.1 Å². The van der Waals surface area contributed by atoms with Crippen molar-refractivity contribution in [1.29, 1.82) is 0 Å². The van der Waals surface area contributed by atoms with Gasteiger partial charge in [-0.25, -0.2) is 0 Å². The van der Waals surface area contributed by atoms with Crippen LogP contribution in [0.5, 0.6) is 0 Å². The van der Waals surface area contributed by atoms with Crippen molar-refractivity contribution in [2.45, 2.75) is 24.3 Å². The number of thioether (sulfide) groups is 1. The lowest BCUT2D eigenvalue weighted by Crippen LogP contribution is -2.33. The average Bonchev–Trinajstić information content (AvgIpc) is 3.33. The molecule has 7 heteroatoms. The summed E-state index contributed by atoms with van der Waals surface area (Å²) in [7, 11) is 0. The summed E-state index contributed by atoms with van der Waals surface area (Å²) < 4.78 is 10.9. The summed E-state index contributed by atoms with van der Waals surface area (Å²) in [5.74, 6) is 0.833. The molecule has 3 rings (SSSR count). The molecule has 0 aliphatic rings. The number of benzene rings is 1. The molecule has 0 N–H and O–H groups in total. The summed E-state index contributed by atoms with van der Waals surface area (Å²) in [6.45, 7) is 5.24. The van der Waals surface area contributed by atoms with Crippen LogP contribution in [-0.2, 0) is 4.79 Å². The smallest absolute Gasteiger partial charge is 0.284 e. The quantitative estimate of drug-likeness (QED) is 0.595. The van der Waals surface area contributed by atoms with Crippen LogP contribution < -0.4 is 0 Å². The van der Waals surface area contributed by atoms with E-state index in [1.807, 2.05) is 44.2 Å². The zero-order chi connectivity index (χ0) is 17.6. The fourth-order valence-electron chi connectivity index (χ4n) is 2.45. The van der Waals surface area contributed by atoms with Crippen LogP contribution in [0.3, 0.4) is 0 Å². The second kappa shape index (κ2) is 8.02. The van der Waals surface area contributed by atoms with Crippen molar-refractivity contribution < 1.29 is 13.6 Å². The van der Waals surface area contributed by atoms with Crippen LogP contribution in [0.1, 0.15) is 24.7 Å². The van der Waals surface area contributed by atoms with Gasteiger partial charge >= 0.3 is 0 Å². The molecule has 0 aliphatic heterocycles. The SMILES string of the molecule is CCN(CC)C(=O)[C@@H](Sc1nnc(-c2ccco2)o1)c1ccccc1. The van der Waals surface area contributed by atoms with Gasteiger partial charge in [0.05, 0.1) is 6.26 Å². The Labute approximate surface area is 150 Å². The molecular formula is C18H19N3O3S. The van der Waals surface area contributed by atoms with E-state index in [9.17, 15) is 4.79 Å². The van der Waals surface area contributed by atoms with Gasteiger partial charge in [0.15, 0.2) is 5.76 Å². The van der Waals surface area contributed by atoms with E-state index in [0.717, 1.165) is 5.56 Å². The third-order valence-electron chi connectivity index (χ3n) is 3.76. The molecule has 0 radical (unpaired) electrons. The standard InChI is InChI=1S/C18H19N3O3S/c1-3-21(4-2)17(22)15(13-9-6-5-7-10-13)25-18-20-19-16(24-18)14-11-8-12-23-14/h5-12,15H,3-4H2,1-2H3/t15-/m0/s1. The van der Waals surface area contributed by atoms with Gasteiger partial charge in [-0.2, -0.15) is 0 Å². The maximum Gasteiger partial charge on any atom is 0.284 e. The van der Waals surface area contributed by atoms with Gasteiger partial charge in [-0.1, -0.05) is 30.3 Å². The summed E-state index contributed by atoms with van der Waals surface area (Å²) in [4.78, 5) is 14.7. The van der Waals surface area contributed by atoms with Crippen LogP contribution in [0.15, 0.2) is 62.8 Å². The van der Waals surface area contributed by atoms with E-state index < -0.39 is 5.25 Å². The number of rotatable bonds is 7. The first kappa shape index (κ1) is 17.3. The fraction of sp³-hybridized carbons (Fsp3) is 0.278. The third-order valence-corrected chi connectivity index (χ3v) is 4.83. The minimum absolute atomic E-state index is 0.0268. The molecule has 0 spiro atoms. The predicted molar refractivity (Wildman–Crippen MR) is 95.0 cm³/mol. The summed E-state index contributed by atoms with van der Waals surface area (Å²) in [6.07, 6.45) is 1.54. The molecule has 0 aliphatic carbocycles. The highest BCUT2D eigenvalue weighted by Crippen LogP contribution is 2.37. The molecular weight excluding hydrogens is 338 g/mol. The van der Waals surface area contributed by atoms with Crippen LogP contribution in [0.4, 0.5) is 0 Å². The second-order valence-electron chi connectivity index (χ2n) is 5.27. The second-order valence-corrected chi connectivity index (χ2v) is 6.33. The average molecular weight is 357 g/mol. The van der Waals surface area contributed by atoms with Gasteiger partial charge < -0.3 is 13.7 Å². The highest BCUT2D eigenvalue weighted by Gasteiger charge is 2.28. The summed E-state index contributed by atoms with van der Waals surface area (Å²) in [5, 5.41) is 7.94. The molecule has 0 saturated heterocycles. The van der Waals surface area contributed by atoms with Gasteiger partial charge in [-0.05, 0) is 43.3 Å². The maximum atomic E-state index is 12.9. The molecule has 130 valence electrons. The van der Waals surface area contributed by atoms with Crippen LogP contribution in [-0.4, -0.2) is 34.1 Å². The first-order chi connectivity index (χ1) is 12.2. The van der Waals surface area contributed by atoms with E-state index in [0.29, 0.717) is 30.0 Å². The van der Waals surface area contributed by atoms with E-state index in [1.54, 1.807) is 23.3 Å². The van der Waals surface area contributed by atoms with Gasteiger partial charge in [0.1, 0.15) is 5.25 Å². The van der Waals surface area contributed by atoms with Gasteiger partial charge in [-0.15, -0.1) is 10.2 Å². The number of aromatic nitrogens is 2. The number of carbonyl (C=O) groups is 1. The fourth-order valence-corrected chi connectivity index (χ4v) is 3.41. The zero-order valence-corrected chi connectivity index (χ0v) is 14.9. The Morgan fingerprint density at radius 2 is 1.88 bits per heavy atom. The molecule has 2 heterocycles. The first-order valence-corrected chi connectivity index (χ1v) is 8.98. The normalized spacial score (nSPS) is 12.1. The molecule has 1 aromatic carbocycles. The molecule has 0 saturated carbocycles. The number of furan rings is 1. The van der Waals surface area contributed by atoms with Crippen molar-refractivity contribution in [2.24, 2.45) is 0 Å². The first-order valence-electron chi connectivity index (χ1n) is 8.10. The number of hydrogen-bond donors (Lipinski definition) is 0. The summed E-state index contributed by atoms with van der Waals surface area (Å²) >= 11 is 1.25. The lowest BCUT2D eigenvalue weighted by atomic mass is 10.1. The number of hydrogen-bond acceptors (Lipinski definition) is 6. The van der Waals surface area contributed by atoms with Gasteiger partial charge in [0.2, 0.25) is 5.91 Å². The van der Waals surface area contributed by atoms with E-state index in [1.165, 1.54) is 11.8 Å². The molecule has 6 nitrogen and oxygen atoms in total. The van der Waals surface area contributed by atoms with Gasteiger partial charge in [0, 0.05) is 13.1 Å². The van der Waals surface area contributed by atoms with Crippen molar-refractivity contribution in [3.63, 3.8) is 0 Å². The molecule has 25 heavy (non-hydrogen) atoms. The monoisotopic (exact) mass is 357 g/mol. The molecule has 0 unspecified atom stereocenters. The van der Waals surface area contributed by atoms with E-state index in [2.05, 4.69) is 10.2 Å². The summed E-state index contributed by atoms with van der Waals surface area (Å²) in [6, 6.07) is 13.1. The minimum Gasteiger partial charge on any atom is -0.459 e. The largest absolute Gasteiger partial charge is 0.459 e. The summed E-state index contributed by atoms with van der Waals surface area (Å²) in [5.41, 5.74) is 0.905. The zero-order valence-electron chi connectivity index (χ0n) is 14.1. The Balaban J connectivity index is 1.86. The van der Waals surface area contributed by atoms with Crippen LogP contribution in [0.25, 0.3) is 11.7 Å². The number of carbonyl (C=O) groups excluding carboxylic acids is 1. The van der Waals surface area contributed by atoms with Crippen LogP contribution in [0.2, 0.25) is 0 Å². The third kappa shape index (κ3) is 3.93. The number of nitrogens with zero attached hydrogens (tertiary/aromatic N) is 3. The van der Waals surface area contributed by atoms with Crippen molar-refractivity contribution in [3.8, 4) is 11.7 Å². The van der Waals surface area contributed by atoms with Crippen LogP contribution in [0, 0.1) is 0 Å². The van der Waals surface area contributed by atoms with Crippen LogP contribution >= 0.6 is 11.8 Å². The highest BCUT2D eigenvalue weighted by molar-refractivity contribution is 8.00. The minimum atomic E-state index is -0.439. The van der Waals surface area contributed by atoms with Crippen molar-refractivity contribution in [3.05, 3.63) is 54.3 Å². The highest BCUT2D eigenvalue weighted by atomic mass is 32.2. The lowest BCUT2D eigenvalue weighted by molar-refractivity contribution is -0.130. The predicted octanol–water partition coefficient (Wildman–Crippen LogP) is 4.03. The Bertz CT molecular complexity index is 798. The Morgan fingerprint density at radius 3 is 2.52 bits per heavy atom. The number of amides is 1. The van der Waals surface area contributed by atoms with Crippen molar-refractivity contribution in [2.75, 3.05) is 13.1 Å². The molecule has 0 bridgehead atoms. The molecule has 1 amide bonds. The van der Waals surface area contributed by atoms with E-state index in [4.69, 9.17) is 8.83 Å².